The Morgan fingerprint density at radius 1 is 0.677 bits per heavy atom. The fourth-order valence-corrected chi connectivity index (χ4v) is 3.35. The lowest BCUT2D eigenvalue weighted by atomic mass is 10.0. The number of unbranched alkanes of at least 4 members (excludes halogenated alkanes) is 3. The van der Waals surface area contributed by atoms with Crippen molar-refractivity contribution >= 4 is 5.97 Å². The molecule has 0 aromatic heterocycles. The Kier molecular flexibility index (Phi) is 8.71. The molecule has 0 bridgehead atoms. The van der Waals surface area contributed by atoms with Gasteiger partial charge in [-0.3, -0.25) is 0 Å². The van der Waals surface area contributed by atoms with Gasteiger partial charge < -0.3 is 9.47 Å². The van der Waals surface area contributed by atoms with Crippen LogP contribution in [0, 0.1) is 0 Å². The van der Waals surface area contributed by atoms with Crippen LogP contribution < -0.4 is 9.47 Å². The molecule has 0 N–H and O–H groups in total. The first-order chi connectivity index (χ1) is 15.2. The third-order valence-corrected chi connectivity index (χ3v) is 5.28. The number of hydrogen-bond acceptors (Lipinski definition) is 3. The summed E-state index contributed by atoms with van der Waals surface area (Å²) in [5.74, 6) is 0.934. The first-order valence-electron chi connectivity index (χ1n) is 11.3. The van der Waals surface area contributed by atoms with Gasteiger partial charge in [-0.1, -0.05) is 69.5 Å². The van der Waals surface area contributed by atoms with Gasteiger partial charge in [-0.25, -0.2) is 4.79 Å². The maximum absolute atomic E-state index is 12.4. The normalized spacial score (nSPS) is 10.6. The molecule has 0 fully saturated rings. The Morgan fingerprint density at radius 2 is 1.26 bits per heavy atom. The molecule has 3 aromatic rings. The van der Waals surface area contributed by atoms with Crippen molar-refractivity contribution in [2.24, 2.45) is 0 Å². The van der Waals surface area contributed by atoms with E-state index in [9.17, 15) is 4.79 Å². The van der Waals surface area contributed by atoms with Crippen LogP contribution >= 0.6 is 0 Å². The van der Waals surface area contributed by atoms with Crippen molar-refractivity contribution in [1.29, 1.82) is 0 Å². The summed E-state index contributed by atoms with van der Waals surface area (Å²) < 4.78 is 11.2. The molecule has 0 radical (unpaired) electrons. The lowest BCUT2D eigenvalue weighted by Gasteiger charge is -2.08. The molecule has 3 aromatic carbocycles. The highest BCUT2D eigenvalue weighted by Crippen LogP contribution is 2.24. The Bertz CT molecular complexity index is 926. The predicted octanol–water partition coefficient (Wildman–Crippen LogP) is 7.48. The average molecular weight is 417 g/mol. The number of hydrogen-bond donors (Lipinski definition) is 0. The predicted molar refractivity (Wildman–Crippen MR) is 127 cm³/mol. The number of benzene rings is 3. The summed E-state index contributed by atoms with van der Waals surface area (Å²) in [6.45, 7) is 5.04. The van der Waals surface area contributed by atoms with E-state index in [2.05, 4.69) is 38.1 Å². The van der Waals surface area contributed by atoms with Gasteiger partial charge in [0.1, 0.15) is 11.5 Å². The molecule has 0 aliphatic heterocycles. The number of aryl methyl sites for hydroxylation is 1. The molecule has 0 spiro atoms. The summed E-state index contributed by atoms with van der Waals surface area (Å²) in [5.41, 5.74) is 4.15. The highest BCUT2D eigenvalue weighted by atomic mass is 16.5. The highest BCUT2D eigenvalue weighted by molar-refractivity contribution is 5.91. The first-order valence-corrected chi connectivity index (χ1v) is 11.3. The van der Waals surface area contributed by atoms with Crippen LogP contribution in [0.5, 0.6) is 11.5 Å². The molecule has 3 heteroatoms. The lowest BCUT2D eigenvalue weighted by molar-refractivity contribution is 0.0734. The molecule has 162 valence electrons. The third kappa shape index (κ3) is 6.99. The monoisotopic (exact) mass is 416 g/mol. The van der Waals surface area contributed by atoms with Crippen LogP contribution in [0.2, 0.25) is 0 Å². The number of carbonyl (C=O) groups is 1. The molecule has 0 amide bonds. The van der Waals surface area contributed by atoms with Crippen LogP contribution in [0.25, 0.3) is 11.1 Å². The zero-order valence-corrected chi connectivity index (χ0v) is 18.6. The van der Waals surface area contributed by atoms with Gasteiger partial charge in [0.2, 0.25) is 0 Å². The largest absolute Gasteiger partial charge is 0.494 e. The molecule has 31 heavy (non-hydrogen) atoms. The summed E-state index contributed by atoms with van der Waals surface area (Å²) in [6.07, 6.45) is 7.00. The molecule has 0 heterocycles. The first kappa shape index (κ1) is 22.6. The zero-order valence-electron chi connectivity index (χ0n) is 18.6. The molecular weight excluding hydrogens is 384 g/mol. The number of carbonyl (C=O) groups excluding carboxylic acids is 1. The number of ether oxygens (including phenoxy) is 2. The molecular formula is C28H32O3. The van der Waals surface area contributed by atoms with E-state index in [0.29, 0.717) is 17.9 Å². The summed E-state index contributed by atoms with van der Waals surface area (Å²) >= 11 is 0. The van der Waals surface area contributed by atoms with Crippen molar-refractivity contribution in [2.45, 2.75) is 52.4 Å². The second-order valence-corrected chi connectivity index (χ2v) is 7.79. The van der Waals surface area contributed by atoms with Crippen LogP contribution in [0.15, 0.2) is 72.8 Å². The minimum atomic E-state index is -0.371. The molecule has 3 nitrogen and oxygen atoms in total. The Labute approximate surface area is 186 Å². The van der Waals surface area contributed by atoms with Gasteiger partial charge in [0.25, 0.3) is 0 Å². The summed E-state index contributed by atoms with van der Waals surface area (Å²) in [7, 11) is 0. The molecule has 0 aliphatic rings. The molecule has 0 aliphatic carbocycles. The van der Waals surface area contributed by atoms with Crippen LogP contribution in [0.1, 0.15) is 61.9 Å². The van der Waals surface area contributed by atoms with E-state index < -0.39 is 0 Å². The van der Waals surface area contributed by atoms with E-state index in [1.807, 2.05) is 24.3 Å². The van der Waals surface area contributed by atoms with E-state index in [-0.39, 0.29) is 5.97 Å². The lowest BCUT2D eigenvalue weighted by Crippen LogP contribution is -2.08. The Balaban J connectivity index is 1.55. The van der Waals surface area contributed by atoms with Gasteiger partial charge in [0.15, 0.2) is 0 Å². The van der Waals surface area contributed by atoms with Crippen molar-refractivity contribution in [1.82, 2.24) is 0 Å². The third-order valence-electron chi connectivity index (χ3n) is 5.28. The molecule has 0 saturated heterocycles. The van der Waals surface area contributed by atoms with Gasteiger partial charge in [-0.2, -0.15) is 0 Å². The SMILES string of the molecule is CCCCCc1ccc(-c2ccc(OC(=O)c3ccc(OCCCC)cc3)cc2)cc1. The molecule has 0 atom stereocenters. The maximum Gasteiger partial charge on any atom is 0.343 e. The summed E-state index contributed by atoms with van der Waals surface area (Å²) in [5, 5.41) is 0. The van der Waals surface area contributed by atoms with E-state index in [0.717, 1.165) is 36.1 Å². The van der Waals surface area contributed by atoms with E-state index in [1.54, 1.807) is 24.3 Å². The van der Waals surface area contributed by atoms with Gasteiger partial charge in [0.05, 0.1) is 12.2 Å². The minimum absolute atomic E-state index is 0.371. The van der Waals surface area contributed by atoms with Crippen molar-refractivity contribution in [3.05, 3.63) is 83.9 Å². The second kappa shape index (κ2) is 11.9. The fourth-order valence-electron chi connectivity index (χ4n) is 3.35. The standard InChI is InChI=1S/C28H32O3/c1-3-5-7-8-22-9-11-23(12-10-22)24-13-19-27(20-14-24)31-28(29)25-15-17-26(18-16-25)30-21-6-4-2/h9-20H,3-8,21H2,1-2H3. The molecule has 0 unspecified atom stereocenters. The van der Waals surface area contributed by atoms with Crippen molar-refractivity contribution < 1.29 is 14.3 Å². The van der Waals surface area contributed by atoms with Crippen molar-refractivity contribution in [3.63, 3.8) is 0 Å². The fraction of sp³-hybridized carbons (Fsp3) is 0.321. The van der Waals surface area contributed by atoms with Crippen LogP contribution in [0.3, 0.4) is 0 Å². The maximum atomic E-state index is 12.4. The Hall–Kier alpha value is -3.07. The van der Waals surface area contributed by atoms with Crippen molar-refractivity contribution in [3.8, 4) is 22.6 Å². The van der Waals surface area contributed by atoms with E-state index >= 15 is 0 Å². The molecule has 0 saturated carbocycles. The van der Waals surface area contributed by atoms with Gasteiger partial charge in [-0.15, -0.1) is 0 Å². The number of rotatable bonds is 11. The quantitative estimate of drug-likeness (QED) is 0.185. The van der Waals surface area contributed by atoms with Crippen LogP contribution in [-0.2, 0) is 6.42 Å². The molecule has 3 rings (SSSR count). The highest BCUT2D eigenvalue weighted by Gasteiger charge is 2.09. The van der Waals surface area contributed by atoms with Crippen LogP contribution in [-0.4, -0.2) is 12.6 Å². The van der Waals surface area contributed by atoms with Gasteiger partial charge in [-0.05, 0) is 72.4 Å². The minimum Gasteiger partial charge on any atom is -0.494 e. The Morgan fingerprint density at radius 3 is 1.87 bits per heavy atom. The summed E-state index contributed by atoms with van der Waals surface area (Å²) in [4.78, 5) is 12.4. The number of esters is 1. The van der Waals surface area contributed by atoms with Gasteiger partial charge in [0, 0.05) is 0 Å². The average Bonchev–Trinajstić information content (AvgIpc) is 2.81. The van der Waals surface area contributed by atoms with Crippen LogP contribution in [0.4, 0.5) is 0 Å². The second-order valence-electron chi connectivity index (χ2n) is 7.79. The zero-order chi connectivity index (χ0) is 21.9. The van der Waals surface area contributed by atoms with E-state index in [4.69, 9.17) is 9.47 Å². The van der Waals surface area contributed by atoms with E-state index in [1.165, 1.54) is 24.8 Å². The van der Waals surface area contributed by atoms with Crippen molar-refractivity contribution in [2.75, 3.05) is 6.61 Å². The summed E-state index contributed by atoms with van der Waals surface area (Å²) in [6, 6.07) is 23.5. The van der Waals surface area contributed by atoms with Gasteiger partial charge >= 0.3 is 5.97 Å². The topological polar surface area (TPSA) is 35.5 Å². The smallest absolute Gasteiger partial charge is 0.343 e.